The molecule has 2 heterocycles. The molecule has 1 amide bonds. The largest absolute Gasteiger partial charge is 0.492 e. The highest BCUT2D eigenvalue weighted by Crippen LogP contribution is 2.26. The Balaban J connectivity index is 1.64. The molecular weight excluding hydrogens is 350 g/mol. The number of amides is 1. The van der Waals surface area contributed by atoms with E-state index in [9.17, 15) is 4.79 Å². The predicted molar refractivity (Wildman–Crippen MR) is 101 cm³/mol. The third-order valence-corrected chi connectivity index (χ3v) is 4.43. The van der Waals surface area contributed by atoms with E-state index in [0.29, 0.717) is 34.7 Å². The van der Waals surface area contributed by atoms with Crippen LogP contribution >= 0.6 is 11.8 Å². The van der Waals surface area contributed by atoms with Crippen LogP contribution in [0.25, 0.3) is 11.5 Å². The van der Waals surface area contributed by atoms with Crippen molar-refractivity contribution < 1.29 is 9.53 Å². The number of ether oxygens (including phenoxy) is 1. The Bertz CT molecular complexity index is 869. The Hall–Kier alpha value is -2.87. The van der Waals surface area contributed by atoms with Gasteiger partial charge < -0.3 is 10.1 Å². The number of pyridine rings is 1. The fourth-order valence-corrected chi connectivity index (χ4v) is 2.94. The lowest BCUT2D eigenvalue weighted by atomic mass is 10.3. The monoisotopic (exact) mass is 369 g/mol. The maximum atomic E-state index is 12.5. The van der Waals surface area contributed by atoms with Crippen molar-refractivity contribution in [3.8, 4) is 17.3 Å². The highest BCUT2D eigenvalue weighted by atomic mass is 32.2. The molecule has 2 N–H and O–H groups in total. The molecule has 0 aliphatic rings. The first-order valence-electron chi connectivity index (χ1n) is 8.20. The van der Waals surface area contributed by atoms with Crippen LogP contribution in [0.3, 0.4) is 0 Å². The van der Waals surface area contributed by atoms with Crippen molar-refractivity contribution in [3.05, 3.63) is 48.7 Å². The smallest absolute Gasteiger partial charge is 0.237 e. The van der Waals surface area contributed by atoms with E-state index in [1.165, 1.54) is 11.8 Å². The van der Waals surface area contributed by atoms with Crippen LogP contribution in [0, 0.1) is 0 Å². The minimum absolute atomic E-state index is 0.147. The van der Waals surface area contributed by atoms with Gasteiger partial charge in [0.2, 0.25) is 11.1 Å². The fraction of sp³-hybridized carbons (Fsp3) is 0.222. The zero-order valence-electron chi connectivity index (χ0n) is 14.5. The van der Waals surface area contributed by atoms with E-state index in [1.54, 1.807) is 13.1 Å². The number of hydrogen-bond acceptors (Lipinski definition) is 6. The van der Waals surface area contributed by atoms with Crippen LogP contribution in [-0.4, -0.2) is 37.9 Å². The number of H-pyrrole nitrogens is 1. The molecule has 0 bridgehead atoms. The molecule has 0 aliphatic carbocycles. The van der Waals surface area contributed by atoms with E-state index < -0.39 is 0 Å². The van der Waals surface area contributed by atoms with Crippen LogP contribution in [0.5, 0.6) is 5.75 Å². The van der Waals surface area contributed by atoms with Crippen LogP contribution in [0.4, 0.5) is 5.69 Å². The molecule has 0 aliphatic heterocycles. The van der Waals surface area contributed by atoms with Crippen molar-refractivity contribution in [3.63, 3.8) is 0 Å². The number of carbonyl (C=O) groups excluding carboxylic acids is 1. The molecule has 0 spiro atoms. The van der Waals surface area contributed by atoms with Crippen molar-refractivity contribution in [1.82, 2.24) is 20.2 Å². The van der Waals surface area contributed by atoms with Crippen molar-refractivity contribution >= 4 is 23.4 Å². The van der Waals surface area contributed by atoms with Gasteiger partial charge in [0, 0.05) is 6.20 Å². The minimum Gasteiger partial charge on any atom is -0.492 e. The molecule has 0 saturated carbocycles. The Morgan fingerprint density at radius 3 is 2.85 bits per heavy atom. The van der Waals surface area contributed by atoms with Gasteiger partial charge in [0.25, 0.3) is 0 Å². The number of carbonyl (C=O) groups is 1. The van der Waals surface area contributed by atoms with Crippen molar-refractivity contribution in [2.75, 3.05) is 11.9 Å². The molecule has 7 nitrogen and oxygen atoms in total. The average molecular weight is 369 g/mol. The number of aromatic amines is 1. The van der Waals surface area contributed by atoms with Gasteiger partial charge >= 0.3 is 0 Å². The number of para-hydroxylation sites is 2. The van der Waals surface area contributed by atoms with Crippen molar-refractivity contribution in [2.45, 2.75) is 24.3 Å². The molecule has 2 aromatic heterocycles. The number of benzene rings is 1. The number of aromatic nitrogens is 4. The summed E-state index contributed by atoms with van der Waals surface area (Å²) in [5.74, 6) is 1.07. The molecule has 0 fully saturated rings. The average Bonchev–Trinajstić information content (AvgIpc) is 3.13. The number of thioether (sulfide) groups is 1. The van der Waals surface area contributed by atoms with Gasteiger partial charge in [0.05, 0.1) is 17.5 Å². The van der Waals surface area contributed by atoms with Gasteiger partial charge in [-0.3, -0.25) is 14.9 Å². The summed E-state index contributed by atoms with van der Waals surface area (Å²) in [5, 5.41) is 10.0. The summed E-state index contributed by atoms with van der Waals surface area (Å²) < 4.78 is 5.53. The number of hydrogen-bond donors (Lipinski definition) is 2. The Kier molecular flexibility index (Phi) is 5.85. The van der Waals surface area contributed by atoms with Gasteiger partial charge in [-0.2, -0.15) is 4.98 Å². The summed E-state index contributed by atoms with van der Waals surface area (Å²) >= 11 is 1.27. The molecule has 1 aromatic carbocycles. The molecular formula is C18H19N5O2S. The summed E-state index contributed by atoms with van der Waals surface area (Å²) in [6.45, 7) is 4.24. The zero-order chi connectivity index (χ0) is 18.4. The van der Waals surface area contributed by atoms with E-state index in [4.69, 9.17) is 4.74 Å². The molecule has 3 aromatic rings. The van der Waals surface area contributed by atoms with E-state index in [2.05, 4.69) is 25.5 Å². The van der Waals surface area contributed by atoms with Crippen LogP contribution in [0.1, 0.15) is 13.8 Å². The second-order valence-corrected chi connectivity index (χ2v) is 6.67. The standard InChI is InChI=1S/C18H19N5O2S/c1-3-25-15-10-5-4-8-13(15)20-17(24)12(2)26-18-21-16(22-23-18)14-9-6-7-11-19-14/h4-12H,3H2,1-2H3,(H,20,24)(H,21,22,23). The van der Waals surface area contributed by atoms with E-state index in [1.807, 2.05) is 49.4 Å². The van der Waals surface area contributed by atoms with Crippen LogP contribution in [0.15, 0.2) is 53.8 Å². The molecule has 0 saturated heterocycles. The third kappa shape index (κ3) is 4.40. The maximum absolute atomic E-state index is 12.5. The molecule has 1 atom stereocenters. The van der Waals surface area contributed by atoms with Gasteiger partial charge in [0.1, 0.15) is 11.4 Å². The van der Waals surface area contributed by atoms with Gasteiger partial charge in [0.15, 0.2) is 5.82 Å². The fourth-order valence-electron chi connectivity index (χ4n) is 2.21. The number of nitrogens with zero attached hydrogens (tertiary/aromatic N) is 3. The molecule has 134 valence electrons. The maximum Gasteiger partial charge on any atom is 0.237 e. The first kappa shape index (κ1) is 17.9. The Morgan fingerprint density at radius 2 is 2.08 bits per heavy atom. The highest BCUT2D eigenvalue weighted by molar-refractivity contribution is 8.00. The highest BCUT2D eigenvalue weighted by Gasteiger charge is 2.19. The molecule has 1 unspecified atom stereocenters. The third-order valence-electron chi connectivity index (χ3n) is 3.47. The van der Waals surface area contributed by atoms with E-state index >= 15 is 0 Å². The first-order chi connectivity index (χ1) is 12.7. The van der Waals surface area contributed by atoms with Crippen molar-refractivity contribution in [2.24, 2.45) is 0 Å². The lowest BCUT2D eigenvalue weighted by Gasteiger charge is -2.13. The lowest BCUT2D eigenvalue weighted by Crippen LogP contribution is -2.22. The predicted octanol–water partition coefficient (Wildman–Crippen LogP) is 3.38. The van der Waals surface area contributed by atoms with Gasteiger partial charge in [-0.15, -0.1) is 5.10 Å². The summed E-state index contributed by atoms with van der Waals surface area (Å²) in [4.78, 5) is 21.1. The van der Waals surface area contributed by atoms with E-state index in [0.717, 1.165) is 0 Å². The van der Waals surface area contributed by atoms with Gasteiger partial charge in [-0.25, -0.2) is 0 Å². The van der Waals surface area contributed by atoms with Crippen LogP contribution < -0.4 is 10.1 Å². The number of nitrogens with one attached hydrogen (secondary N) is 2. The second-order valence-electron chi connectivity index (χ2n) is 5.36. The summed E-state index contributed by atoms with van der Waals surface area (Å²) in [5.41, 5.74) is 1.35. The second kappa shape index (κ2) is 8.48. The summed E-state index contributed by atoms with van der Waals surface area (Å²) in [6, 6.07) is 12.9. The van der Waals surface area contributed by atoms with Gasteiger partial charge in [-0.1, -0.05) is 30.0 Å². The Morgan fingerprint density at radius 1 is 1.27 bits per heavy atom. The summed E-state index contributed by atoms with van der Waals surface area (Å²) in [6.07, 6.45) is 1.69. The summed E-state index contributed by atoms with van der Waals surface area (Å²) in [7, 11) is 0. The molecule has 3 rings (SSSR count). The molecule has 8 heteroatoms. The zero-order valence-corrected chi connectivity index (χ0v) is 15.3. The SMILES string of the molecule is CCOc1ccccc1NC(=O)C(C)Sc1n[nH]c(-c2ccccn2)n1. The van der Waals surface area contributed by atoms with Crippen LogP contribution in [0.2, 0.25) is 0 Å². The topological polar surface area (TPSA) is 92.8 Å². The molecule has 0 radical (unpaired) electrons. The van der Waals surface area contributed by atoms with E-state index in [-0.39, 0.29) is 11.2 Å². The normalized spacial score (nSPS) is 11.8. The first-order valence-corrected chi connectivity index (χ1v) is 9.08. The Labute approximate surface area is 155 Å². The number of anilines is 1. The molecule has 26 heavy (non-hydrogen) atoms. The van der Waals surface area contributed by atoms with Crippen LogP contribution in [-0.2, 0) is 4.79 Å². The lowest BCUT2D eigenvalue weighted by molar-refractivity contribution is -0.115. The quantitative estimate of drug-likeness (QED) is 0.620. The van der Waals surface area contributed by atoms with Crippen molar-refractivity contribution in [1.29, 1.82) is 0 Å². The number of rotatable bonds is 7. The van der Waals surface area contributed by atoms with Gasteiger partial charge in [-0.05, 0) is 38.1 Å². The minimum atomic E-state index is -0.378.